The molecule has 0 fully saturated rings. The highest BCUT2D eigenvalue weighted by atomic mass is 19.3. The Balaban J connectivity index is 1.95. The van der Waals surface area contributed by atoms with Crippen molar-refractivity contribution in [2.45, 2.75) is 25.3 Å². The largest absolute Gasteiger partial charge is 0.359 e. The zero-order valence-corrected chi connectivity index (χ0v) is 12.6. The van der Waals surface area contributed by atoms with E-state index in [4.69, 9.17) is 0 Å². The Morgan fingerprint density at radius 2 is 1.78 bits per heavy atom. The van der Waals surface area contributed by atoms with Gasteiger partial charge in [0.05, 0.1) is 28.5 Å². The van der Waals surface area contributed by atoms with E-state index in [0.29, 0.717) is 22.6 Å². The van der Waals surface area contributed by atoms with Gasteiger partial charge >= 0.3 is 0 Å². The summed E-state index contributed by atoms with van der Waals surface area (Å²) in [7, 11) is 0. The number of halogens is 2. The summed E-state index contributed by atoms with van der Waals surface area (Å²) in [5, 5.41) is 0. The van der Waals surface area contributed by atoms with Crippen LogP contribution in [-0.2, 0) is 5.92 Å². The first-order valence-corrected chi connectivity index (χ1v) is 7.28. The molecule has 3 aromatic rings. The Hall–Kier alpha value is -2.63. The van der Waals surface area contributed by atoms with Crippen molar-refractivity contribution in [3.05, 3.63) is 59.7 Å². The van der Waals surface area contributed by atoms with Crippen LogP contribution in [0, 0.1) is 0 Å². The van der Waals surface area contributed by atoms with Crippen molar-refractivity contribution >= 4 is 16.7 Å². The van der Waals surface area contributed by atoms with E-state index in [1.54, 1.807) is 6.20 Å². The number of aromatic amines is 1. The van der Waals surface area contributed by atoms with Gasteiger partial charge in [0, 0.05) is 6.20 Å². The van der Waals surface area contributed by atoms with Gasteiger partial charge in [-0.1, -0.05) is 12.1 Å². The first kappa shape index (κ1) is 14.0. The molecule has 0 unspecified atom stereocenters. The number of nitrogens with one attached hydrogen (secondary N) is 1. The van der Waals surface area contributed by atoms with Crippen molar-refractivity contribution < 1.29 is 8.78 Å². The van der Waals surface area contributed by atoms with Crippen LogP contribution in [-0.4, -0.2) is 26.2 Å². The first-order valence-electron chi connectivity index (χ1n) is 7.28. The quantitative estimate of drug-likeness (QED) is 0.745. The Morgan fingerprint density at radius 3 is 2.57 bits per heavy atom. The molecule has 4 rings (SSSR count). The van der Waals surface area contributed by atoms with Gasteiger partial charge < -0.3 is 4.98 Å². The minimum absolute atomic E-state index is 0.0533. The molecule has 0 aliphatic carbocycles. The fourth-order valence-corrected chi connectivity index (χ4v) is 2.82. The fraction of sp³-hybridized carbons (Fsp3) is 0.235. The van der Waals surface area contributed by atoms with Crippen LogP contribution in [0.1, 0.15) is 30.8 Å². The molecule has 0 saturated heterocycles. The van der Waals surface area contributed by atoms with E-state index in [9.17, 15) is 8.78 Å². The van der Waals surface area contributed by atoms with E-state index in [1.807, 2.05) is 24.3 Å². The Labute approximate surface area is 131 Å². The number of rotatable bonds is 1. The summed E-state index contributed by atoms with van der Waals surface area (Å²) in [5.74, 6) is -3.05. The van der Waals surface area contributed by atoms with Crippen molar-refractivity contribution in [2.75, 3.05) is 0 Å². The van der Waals surface area contributed by atoms with Crippen LogP contribution >= 0.6 is 0 Å². The summed E-state index contributed by atoms with van der Waals surface area (Å²) in [6, 6.07) is 8.83. The lowest BCUT2D eigenvalue weighted by atomic mass is 9.86. The number of hydrogen-bond donors (Lipinski definition) is 1. The second-order valence-corrected chi connectivity index (χ2v) is 6.10. The number of aliphatic imine (C=N–C) groups is 1. The lowest BCUT2D eigenvalue weighted by Gasteiger charge is -2.35. The molecule has 1 aliphatic rings. The van der Waals surface area contributed by atoms with E-state index < -0.39 is 11.5 Å². The molecule has 0 amide bonds. The van der Waals surface area contributed by atoms with Gasteiger partial charge in [-0.25, -0.2) is 4.98 Å². The van der Waals surface area contributed by atoms with Crippen molar-refractivity contribution in [3.63, 3.8) is 0 Å². The lowest BCUT2D eigenvalue weighted by Crippen LogP contribution is -2.44. The molecule has 0 spiro atoms. The maximum atomic E-state index is 14.6. The maximum Gasteiger partial charge on any atom is 0.299 e. The number of nitrogens with zero attached hydrogens (tertiary/aromatic N) is 3. The third-order valence-corrected chi connectivity index (χ3v) is 4.17. The number of para-hydroxylation sites is 2. The highest BCUT2D eigenvalue weighted by Gasteiger charge is 2.53. The molecule has 0 radical (unpaired) electrons. The number of hydrogen-bond acceptors (Lipinski definition) is 3. The summed E-state index contributed by atoms with van der Waals surface area (Å²) in [6.07, 6.45) is 3.08. The summed E-state index contributed by atoms with van der Waals surface area (Å²) < 4.78 is 29.2. The van der Waals surface area contributed by atoms with E-state index in [1.165, 1.54) is 26.1 Å². The van der Waals surface area contributed by atoms with Gasteiger partial charge in [-0.05, 0) is 32.0 Å². The second kappa shape index (κ2) is 4.44. The molecule has 0 saturated carbocycles. The van der Waals surface area contributed by atoms with Crippen LogP contribution in [0.5, 0.6) is 0 Å². The zero-order chi connectivity index (χ0) is 16.2. The molecular weight excluding hydrogens is 298 g/mol. The topological polar surface area (TPSA) is 53.9 Å². The van der Waals surface area contributed by atoms with E-state index in [-0.39, 0.29) is 5.56 Å². The van der Waals surface area contributed by atoms with Gasteiger partial charge in [0.2, 0.25) is 0 Å². The number of aromatic nitrogens is 3. The van der Waals surface area contributed by atoms with Gasteiger partial charge in [-0.15, -0.1) is 0 Å². The third-order valence-electron chi connectivity index (χ3n) is 4.17. The van der Waals surface area contributed by atoms with Crippen LogP contribution in [0.3, 0.4) is 0 Å². The highest BCUT2D eigenvalue weighted by Crippen LogP contribution is 2.46. The third kappa shape index (κ3) is 1.91. The Bertz CT molecular complexity index is 940. The van der Waals surface area contributed by atoms with Crippen LogP contribution < -0.4 is 0 Å². The molecule has 6 heteroatoms. The average molecular weight is 312 g/mol. The maximum absolute atomic E-state index is 14.6. The standard InChI is InChI=1S/C17H14F2N4/c1-16(2)17(18,19)10-7-8-20-14(10)15(23-16)13-9-21-11-5-3-4-6-12(11)22-13/h3-9,20H,1-2H3. The molecule has 3 heterocycles. The minimum Gasteiger partial charge on any atom is -0.359 e. The number of H-pyrrole nitrogens is 1. The van der Waals surface area contributed by atoms with Crippen molar-refractivity contribution in [2.24, 2.45) is 4.99 Å². The molecule has 0 bridgehead atoms. The van der Waals surface area contributed by atoms with E-state index in [0.717, 1.165) is 5.52 Å². The van der Waals surface area contributed by atoms with Crippen molar-refractivity contribution in [1.29, 1.82) is 0 Å². The van der Waals surface area contributed by atoms with Crippen LogP contribution in [0.2, 0.25) is 0 Å². The Morgan fingerprint density at radius 1 is 1.04 bits per heavy atom. The molecule has 1 N–H and O–H groups in total. The predicted molar refractivity (Wildman–Crippen MR) is 83.9 cm³/mol. The van der Waals surface area contributed by atoms with Gasteiger partial charge in [0.15, 0.2) is 0 Å². The highest BCUT2D eigenvalue weighted by molar-refractivity contribution is 6.13. The smallest absolute Gasteiger partial charge is 0.299 e. The summed E-state index contributed by atoms with van der Waals surface area (Å²) in [4.78, 5) is 16.0. The molecule has 1 aromatic carbocycles. The van der Waals surface area contributed by atoms with E-state index in [2.05, 4.69) is 19.9 Å². The average Bonchev–Trinajstić information content (AvgIpc) is 3.01. The lowest BCUT2D eigenvalue weighted by molar-refractivity contribution is -0.0681. The van der Waals surface area contributed by atoms with Crippen LogP contribution in [0.4, 0.5) is 8.78 Å². The molecule has 2 aromatic heterocycles. The molecule has 116 valence electrons. The van der Waals surface area contributed by atoms with Crippen molar-refractivity contribution in [1.82, 2.24) is 15.0 Å². The fourth-order valence-electron chi connectivity index (χ4n) is 2.82. The number of fused-ring (bicyclic) bond motifs is 2. The monoisotopic (exact) mass is 312 g/mol. The van der Waals surface area contributed by atoms with Gasteiger partial charge in [-0.3, -0.25) is 9.98 Å². The van der Waals surface area contributed by atoms with Gasteiger partial charge in [-0.2, -0.15) is 8.78 Å². The van der Waals surface area contributed by atoms with Crippen LogP contribution in [0.15, 0.2) is 47.7 Å². The molecule has 23 heavy (non-hydrogen) atoms. The number of alkyl halides is 2. The van der Waals surface area contributed by atoms with Gasteiger partial charge in [0.1, 0.15) is 16.9 Å². The normalized spacial score (nSPS) is 18.5. The van der Waals surface area contributed by atoms with E-state index >= 15 is 0 Å². The minimum atomic E-state index is -3.05. The first-order chi connectivity index (χ1) is 10.9. The Kier molecular flexibility index (Phi) is 2.70. The number of benzene rings is 1. The van der Waals surface area contributed by atoms with Crippen LogP contribution in [0.25, 0.3) is 11.0 Å². The summed E-state index contributed by atoms with van der Waals surface area (Å²) in [6.45, 7) is 2.86. The van der Waals surface area contributed by atoms with Gasteiger partial charge in [0.25, 0.3) is 5.92 Å². The van der Waals surface area contributed by atoms with Crippen molar-refractivity contribution in [3.8, 4) is 0 Å². The second-order valence-electron chi connectivity index (χ2n) is 6.10. The zero-order valence-electron chi connectivity index (χ0n) is 12.6. The predicted octanol–water partition coefficient (Wildman–Crippen LogP) is 3.68. The summed E-state index contributed by atoms with van der Waals surface area (Å²) >= 11 is 0. The molecule has 0 atom stereocenters. The molecular formula is C17H14F2N4. The SMILES string of the molecule is CC1(C)N=C(c2cnc3ccccc3n2)c2[nH]ccc2C1(F)F. The molecule has 1 aliphatic heterocycles. The summed E-state index contributed by atoms with van der Waals surface area (Å²) in [5.41, 5.74) is 1.06. The molecule has 4 nitrogen and oxygen atoms in total.